The number of carbonyl (C=O) groups is 1. The van der Waals surface area contributed by atoms with Crippen LogP contribution in [0, 0.1) is 23.5 Å². The molecule has 3 N–H and O–H groups in total. The SMILES string of the molecule is O=C(Nc1ccc(F)c(F)c1)c1ccc(Cl)c(S(=O)(=O)C2C3CC[C@H]2C[C@](O)(c2ncc[nH]2)C3)c1. The molecule has 2 aliphatic carbocycles. The van der Waals surface area contributed by atoms with E-state index >= 15 is 0 Å². The fourth-order valence-electron chi connectivity index (χ4n) is 5.54. The molecule has 2 unspecified atom stereocenters. The Morgan fingerprint density at radius 2 is 1.83 bits per heavy atom. The summed E-state index contributed by atoms with van der Waals surface area (Å²) in [7, 11) is -3.95. The van der Waals surface area contributed by atoms with Crippen LogP contribution in [0.4, 0.5) is 14.5 Å². The van der Waals surface area contributed by atoms with E-state index in [9.17, 15) is 27.1 Å². The molecule has 0 saturated heterocycles. The van der Waals surface area contributed by atoms with Gasteiger partial charge in [-0.15, -0.1) is 0 Å². The van der Waals surface area contributed by atoms with Crippen LogP contribution in [-0.2, 0) is 15.4 Å². The van der Waals surface area contributed by atoms with E-state index in [0.717, 1.165) is 12.1 Å². The molecule has 2 bridgehead atoms. The molecule has 5 rings (SSSR count). The number of aromatic nitrogens is 2. The first-order valence-electron chi connectivity index (χ1n) is 11.1. The molecular formula is C24H22ClF2N3O4S. The van der Waals surface area contributed by atoms with Crippen molar-refractivity contribution in [2.75, 3.05) is 5.32 Å². The van der Waals surface area contributed by atoms with Crippen molar-refractivity contribution >= 4 is 33.0 Å². The first-order chi connectivity index (χ1) is 16.6. The molecule has 2 saturated carbocycles. The van der Waals surface area contributed by atoms with Crippen LogP contribution in [0.15, 0.2) is 53.7 Å². The summed E-state index contributed by atoms with van der Waals surface area (Å²) in [5, 5.41) is 12.9. The maximum atomic E-state index is 13.8. The van der Waals surface area contributed by atoms with Crippen LogP contribution < -0.4 is 5.32 Å². The molecule has 11 heteroatoms. The Balaban J connectivity index is 1.42. The van der Waals surface area contributed by atoms with Crippen LogP contribution in [0.5, 0.6) is 0 Å². The van der Waals surface area contributed by atoms with Crippen molar-refractivity contribution in [2.24, 2.45) is 11.8 Å². The quantitative estimate of drug-likeness (QED) is 0.459. The minimum Gasteiger partial charge on any atom is -0.382 e. The lowest BCUT2D eigenvalue weighted by molar-refractivity contribution is -0.0310. The molecule has 3 aromatic rings. The van der Waals surface area contributed by atoms with Crippen LogP contribution >= 0.6 is 11.6 Å². The van der Waals surface area contributed by atoms with Crippen molar-refractivity contribution in [3.8, 4) is 0 Å². The van der Waals surface area contributed by atoms with Crippen LogP contribution in [-0.4, -0.2) is 34.6 Å². The fraction of sp³-hybridized carbons (Fsp3) is 0.333. The first-order valence-corrected chi connectivity index (χ1v) is 13.0. The summed E-state index contributed by atoms with van der Waals surface area (Å²) < 4.78 is 54.2. The highest BCUT2D eigenvalue weighted by atomic mass is 35.5. The molecule has 2 fully saturated rings. The average molecular weight is 522 g/mol. The van der Waals surface area contributed by atoms with Crippen molar-refractivity contribution in [1.82, 2.24) is 9.97 Å². The van der Waals surface area contributed by atoms with E-state index in [-0.39, 0.29) is 45.8 Å². The summed E-state index contributed by atoms with van der Waals surface area (Å²) in [5.74, 6) is -3.04. The van der Waals surface area contributed by atoms with Crippen LogP contribution in [0.3, 0.4) is 0 Å². The van der Waals surface area contributed by atoms with E-state index < -0.39 is 38.2 Å². The molecule has 4 atom stereocenters. The summed E-state index contributed by atoms with van der Waals surface area (Å²) in [6.45, 7) is 0. The van der Waals surface area contributed by atoms with Gasteiger partial charge in [-0.2, -0.15) is 0 Å². The van der Waals surface area contributed by atoms with Gasteiger partial charge in [0.05, 0.1) is 15.2 Å². The van der Waals surface area contributed by atoms with Crippen molar-refractivity contribution in [3.63, 3.8) is 0 Å². The summed E-state index contributed by atoms with van der Waals surface area (Å²) >= 11 is 6.29. The molecule has 0 radical (unpaired) electrons. The number of hydrogen-bond donors (Lipinski definition) is 3. The zero-order valence-electron chi connectivity index (χ0n) is 18.3. The number of aliphatic hydroxyl groups is 1. The van der Waals surface area contributed by atoms with Gasteiger partial charge in [-0.25, -0.2) is 22.2 Å². The highest BCUT2D eigenvalue weighted by molar-refractivity contribution is 7.92. The Kier molecular flexibility index (Phi) is 5.93. The number of nitrogens with zero attached hydrogens (tertiary/aromatic N) is 1. The monoisotopic (exact) mass is 521 g/mol. The van der Waals surface area contributed by atoms with E-state index in [4.69, 9.17) is 11.6 Å². The highest BCUT2D eigenvalue weighted by Crippen LogP contribution is 2.53. The van der Waals surface area contributed by atoms with Gasteiger partial charge in [0.2, 0.25) is 0 Å². The molecular weight excluding hydrogens is 500 g/mol. The van der Waals surface area contributed by atoms with Crippen molar-refractivity contribution in [3.05, 3.63) is 76.8 Å². The summed E-state index contributed by atoms with van der Waals surface area (Å²) in [6.07, 6.45) is 4.95. The Morgan fingerprint density at radius 3 is 2.46 bits per heavy atom. The summed E-state index contributed by atoms with van der Waals surface area (Å²) in [4.78, 5) is 19.7. The first kappa shape index (κ1) is 23.9. The van der Waals surface area contributed by atoms with E-state index in [1.54, 1.807) is 12.4 Å². The second-order valence-electron chi connectivity index (χ2n) is 9.21. The van der Waals surface area contributed by atoms with Crippen LogP contribution in [0.25, 0.3) is 0 Å². The number of sulfone groups is 1. The molecule has 1 heterocycles. The predicted octanol–water partition coefficient (Wildman–Crippen LogP) is 4.44. The Morgan fingerprint density at radius 1 is 1.11 bits per heavy atom. The zero-order valence-corrected chi connectivity index (χ0v) is 19.9. The van der Waals surface area contributed by atoms with Crippen LogP contribution in [0.1, 0.15) is 41.9 Å². The molecule has 0 aliphatic heterocycles. The van der Waals surface area contributed by atoms with Gasteiger partial charge in [0, 0.05) is 29.7 Å². The van der Waals surface area contributed by atoms with Gasteiger partial charge < -0.3 is 15.4 Å². The zero-order chi connectivity index (χ0) is 25.0. The minimum absolute atomic E-state index is 0.00737. The van der Waals surface area contributed by atoms with E-state index in [1.165, 1.54) is 24.3 Å². The number of hydrogen-bond acceptors (Lipinski definition) is 5. The van der Waals surface area contributed by atoms with E-state index in [0.29, 0.717) is 18.7 Å². The molecule has 0 spiro atoms. The average Bonchev–Trinajstić information content (AvgIpc) is 3.45. The number of nitrogens with one attached hydrogen (secondary N) is 2. The number of benzene rings is 2. The number of rotatable bonds is 5. The third kappa shape index (κ3) is 4.23. The van der Waals surface area contributed by atoms with Gasteiger partial charge in [0.25, 0.3) is 5.91 Å². The number of halogens is 3. The molecule has 1 aromatic heterocycles. The second kappa shape index (κ2) is 8.69. The van der Waals surface area contributed by atoms with Gasteiger partial charge >= 0.3 is 0 Å². The highest BCUT2D eigenvalue weighted by Gasteiger charge is 2.55. The Labute approximate surface area is 205 Å². The topological polar surface area (TPSA) is 112 Å². The normalized spacial score (nSPS) is 26.0. The van der Waals surface area contributed by atoms with Gasteiger partial charge in [0.15, 0.2) is 21.5 Å². The number of amides is 1. The van der Waals surface area contributed by atoms with Gasteiger partial charge in [-0.1, -0.05) is 11.6 Å². The van der Waals surface area contributed by atoms with Crippen molar-refractivity contribution in [1.29, 1.82) is 0 Å². The van der Waals surface area contributed by atoms with E-state index in [1.807, 2.05) is 0 Å². The number of aromatic amines is 1. The minimum atomic E-state index is -3.95. The van der Waals surface area contributed by atoms with Gasteiger partial charge in [-0.05, 0) is 67.9 Å². The van der Waals surface area contributed by atoms with Gasteiger partial charge in [-0.3, -0.25) is 4.79 Å². The van der Waals surface area contributed by atoms with Crippen molar-refractivity contribution < 1.29 is 27.1 Å². The number of imidazole rings is 1. The van der Waals surface area contributed by atoms with Gasteiger partial charge in [0.1, 0.15) is 11.4 Å². The maximum absolute atomic E-state index is 13.8. The number of H-pyrrole nitrogens is 1. The second-order valence-corrected chi connectivity index (χ2v) is 11.7. The number of fused-ring (bicyclic) bond motifs is 2. The molecule has 1 amide bonds. The Bertz CT molecular complexity index is 1380. The molecule has 2 aromatic carbocycles. The number of anilines is 1. The lowest BCUT2D eigenvalue weighted by atomic mass is 9.76. The standard InChI is InChI=1S/C24H22ClF2N3O4S/c25-17-5-3-13(22(31)30-16-4-6-18(26)19(27)10-16)9-20(17)35(33,34)21-14-1-2-15(21)12-24(32,11-14)23-28-7-8-29-23/h3-10,14-15,21,32H,1-2,11-12H2,(H,28,29)(H,30,31)/t14-,15?,21?,24+/m0/s1. The third-order valence-electron chi connectivity index (χ3n) is 7.01. The predicted molar refractivity (Wildman–Crippen MR) is 125 cm³/mol. The largest absolute Gasteiger partial charge is 0.382 e. The maximum Gasteiger partial charge on any atom is 0.255 e. The van der Waals surface area contributed by atoms with Crippen LogP contribution in [0.2, 0.25) is 5.02 Å². The summed E-state index contributed by atoms with van der Waals surface area (Å²) in [6, 6.07) is 6.82. The lowest BCUT2D eigenvalue weighted by Crippen LogP contribution is -2.45. The Hall–Kier alpha value is -2.82. The van der Waals surface area contributed by atoms with Crippen molar-refractivity contribution in [2.45, 2.75) is 41.4 Å². The fourth-order valence-corrected chi connectivity index (χ4v) is 8.38. The molecule has 7 nitrogen and oxygen atoms in total. The summed E-state index contributed by atoms with van der Waals surface area (Å²) in [5.41, 5.74) is -1.19. The lowest BCUT2D eigenvalue weighted by Gasteiger charge is -2.39. The third-order valence-corrected chi connectivity index (χ3v) is 9.89. The molecule has 35 heavy (non-hydrogen) atoms. The molecule has 184 valence electrons. The molecule has 2 aliphatic rings. The van der Waals surface area contributed by atoms with E-state index in [2.05, 4.69) is 15.3 Å². The number of carbonyl (C=O) groups excluding carboxylic acids is 1. The smallest absolute Gasteiger partial charge is 0.255 e.